The van der Waals surface area contributed by atoms with E-state index in [1.54, 1.807) is 6.07 Å². The second kappa shape index (κ2) is 6.06. The van der Waals surface area contributed by atoms with Crippen molar-refractivity contribution in [2.45, 2.75) is 19.4 Å². The third-order valence-corrected chi connectivity index (χ3v) is 4.00. The second-order valence-electron chi connectivity index (χ2n) is 5.36. The van der Waals surface area contributed by atoms with Crippen LogP contribution in [0.5, 0.6) is 0 Å². The molecule has 1 aromatic heterocycles. The minimum atomic E-state index is -0.955. The summed E-state index contributed by atoms with van der Waals surface area (Å²) < 4.78 is 0. The van der Waals surface area contributed by atoms with E-state index in [4.69, 9.17) is 0 Å². The lowest BCUT2D eigenvalue weighted by molar-refractivity contribution is 0.0688. The molecule has 2 aromatic rings. The number of benzene rings is 1. The van der Waals surface area contributed by atoms with Crippen LogP contribution in [0.25, 0.3) is 0 Å². The molecule has 0 unspecified atom stereocenters. The van der Waals surface area contributed by atoms with Crippen molar-refractivity contribution < 1.29 is 9.90 Å². The molecule has 4 heteroatoms. The third-order valence-electron chi connectivity index (χ3n) is 4.00. The van der Waals surface area contributed by atoms with Gasteiger partial charge in [-0.05, 0) is 35.6 Å². The molecule has 3 rings (SSSR count). The Morgan fingerprint density at radius 3 is 2.38 bits per heavy atom. The van der Waals surface area contributed by atoms with Crippen LogP contribution in [0.1, 0.15) is 27.2 Å². The van der Waals surface area contributed by atoms with Crippen molar-refractivity contribution >= 4 is 5.97 Å². The van der Waals surface area contributed by atoms with Gasteiger partial charge in [-0.3, -0.25) is 4.90 Å². The summed E-state index contributed by atoms with van der Waals surface area (Å²) in [7, 11) is 0. The lowest BCUT2D eigenvalue weighted by Gasteiger charge is -2.20. The number of carboxylic acid groups (broad SMARTS) is 1. The number of carbonyl (C=O) groups is 1. The van der Waals surface area contributed by atoms with Crippen LogP contribution in [-0.2, 0) is 19.4 Å². The zero-order chi connectivity index (χ0) is 14.7. The Morgan fingerprint density at radius 1 is 1.10 bits per heavy atom. The Morgan fingerprint density at radius 2 is 1.76 bits per heavy atom. The highest BCUT2D eigenvalue weighted by Gasteiger charge is 2.17. The maximum atomic E-state index is 11.2. The van der Waals surface area contributed by atoms with Gasteiger partial charge in [0.25, 0.3) is 0 Å². The molecule has 0 radical (unpaired) electrons. The molecule has 0 spiro atoms. The van der Waals surface area contributed by atoms with E-state index in [2.05, 4.69) is 34.1 Å². The highest BCUT2D eigenvalue weighted by Crippen LogP contribution is 2.17. The van der Waals surface area contributed by atoms with Crippen LogP contribution < -0.4 is 0 Å². The van der Waals surface area contributed by atoms with Crippen LogP contribution in [0.4, 0.5) is 0 Å². The van der Waals surface area contributed by atoms with E-state index in [-0.39, 0.29) is 5.69 Å². The van der Waals surface area contributed by atoms with E-state index in [0.717, 1.165) is 31.5 Å². The van der Waals surface area contributed by atoms with E-state index >= 15 is 0 Å². The molecule has 21 heavy (non-hydrogen) atoms. The molecule has 0 bridgehead atoms. The normalized spacial score (nSPS) is 15.2. The molecular formula is C17H18N2O2. The Bertz CT molecular complexity index is 628. The first-order chi connectivity index (χ1) is 10.2. The van der Waals surface area contributed by atoms with Gasteiger partial charge in [0, 0.05) is 25.8 Å². The molecule has 0 saturated carbocycles. The number of pyridine rings is 1. The molecule has 4 nitrogen and oxygen atoms in total. The van der Waals surface area contributed by atoms with Crippen LogP contribution in [0.2, 0.25) is 0 Å². The number of aromatic nitrogens is 1. The van der Waals surface area contributed by atoms with Crippen molar-refractivity contribution in [2.24, 2.45) is 0 Å². The summed E-state index contributed by atoms with van der Waals surface area (Å²) in [6.45, 7) is 2.54. The summed E-state index contributed by atoms with van der Waals surface area (Å²) in [4.78, 5) is 17.5. The third kappa shape index (κ3) is 3.11. The van der Waals surface area contributed by atoms with Crippen molar-refractivity contribution in [1.82, 2.24) is 9.88 Å². The zero-order valence-corrected chi connectivity index (χ0v) is 11.8. The Hall–Kier alpha value is -2.20. The predicted octanol–water partition coefficient (Wildman–Crippen LogP) is 2.38. The van der Waals surface area contributed by atoms with Gasteiger partial charge in [-0.1, -0.05) is 30.3 Å². The topological polar surface area (TPSA) is 53.4 Å². The highest BCUT2D eigenvalue weighted by molar-refractivity contribution is 5.86. The van der Waals surface area contributed by atoms with Gasteiger partial charge in [-0.15, -0.1) is 0 Å². The monoisotopic (exact) mass is 282 g/mol. The number of fused-ring (bicyclic) bond motifs is 1. The molecule has 0 aliphatic carbocycles. The van der Waals surface area contributed by atoms with Gasteiger partial charge in [0.05, 0.1) is 0 Å². The van der Waals surface area contributed by atoms with Crippen LogP contribution in [0.3, 0.4) is 0 Å². The predicted molar refractivity (Wildman–Crippen MR) is 80.3 cm³/mol. The van der Waals surface area contributed by atoms with Gasteiger partial charge in [0.2, 0.25) is 0 Å². The molecule has 108 valence electrons. The summed E-state index contributed by atoms with van der Waals surface area (Å²) in [6.07, 6.45) is 3.56. The summed E-state index contributed by atoms with van der Waals surface area (Å²) in [5, 5.41) is 9.21. The molecule has 0 fully saturated rings. The highest BCUT2D eigenvalue weighted by atomic mass is 16.4. The first-order valence-corrected chi connectivity index (χ1v) is 7.20. The molecule has 1 aromatic carbocycles. The van der Waals surface area contributed by atoms with Gasteiger partial charge in [-0.2, -0.15) is 0 Å². The summed E-state index contributed by atoms with van der Waals surface area (Å²) in [5.41, 5.74) is 3.77. The largest absolute Gasteiger partial charge is 0.477 e. The number of nitrogens with zero attached hydrogens (tertiary/aromatic N) is 2. The van der Waals surface area contributed by atoms with Gasteiger partial charge < -0.3 is 5.11 Å². The second-order valence-corrected chi connectivity index (χ2v) is 5.36. The number of rotatable bonds is 3. The summed E-state index contributed by atoms with van der Waals surface area (Å²) >= 11 is 0. The Kier molecular flexibility index (Phi) is 3.97. The van der Waals surface area contributed by atoms with E-state index in [0.29, 0.717) is 6.54 Å². The first kappa shape index (κ1) is 13.8. The fourth-order valence-electron chi connectivity index (χ4n) is 2.87. The Labute approximate surface area is 124 Å². The zero-order valence-electron chi connectivity index (χ0n) is 11.8. The number of aromatic carboxylic acids is 1. The van der Waals surface area contributed by atoms with Crippen LogP contribution >= 0.6 is 0 Å². The Balaban J connectivity index is 1.74. The average Bonchev–Trinajstić information content (AvgIpc) is 2.71. The minimum Gasteiger partial charge on any atom is -0.477 e. The smallest absolute Gasteiger partial charge is 0.354 e. The quantitative estimate of drug-likeness (QED) is 0.939. The molecule has 0 atom stereocenters. The maximum absolute atomic E-state index is 11.2. The van der Waals surface area contributed by atoms with E-state index in [1.807, 2.05) is 6.07 Å². The van der Waals surface area contributed by atoms with Gasteiger partial charge >= 0.3 is 5.97 Å². The van der Waals surface area contributed by atoms with Crippen molar-refractivity contribution in [2.75, 3.05) is 13.1 Å². The van der Waals surface area contributed by atoms with E-state index < -0.39 is 5.97 Å². The van der Waals surface area contributed by atoms with Crippen LogP contribution in [0.15, 0.2) is 42.6 Å². The molecular weight excluding hydrogens is 264 g/mol. The van der Waals surface area contributed by atoms with E-state index in [1.165, 1.54) is 17.3 Å². The van der Waals surface area contributed by atoms with Crippen molar-refractivity contribution in [3.8, 4) is 0 Å². The molecule has 2 heterocycles. The number of hydrogen-bond donors (Lipinski definition) is 1. The summed E-state index contributed by atoms with van der Waals surface area (Å²) in [6, 6.07) is 12.2. The number of hydrogen-bond acceptors (Lipinski definition) is 3. The van der Waals surface area contributed by atoms with Crippen LogP contribution in [-0.4, -0.2) is 34.0 Å². The maximum Gasteiger partial charge on any atom is 0.354 e. The molecule has 1 aliphatic rings. The SMILES string of the molecule is O=C(O)c1ncccc1CN1CCc2ccccc2CC1. The van der Waals surface area contributed by atoms with Crippen LogP contribution in [0, 0.1) is 0 Å². The molecule has 0 amide bonds. The van der Waals surface area contributed by atoms with Gasteiger partial charge in [0.1, 0.15) is 0 Å². The standard InChI is InChI=1S/C17H18N2O2/c20-17(21)16-15(6-3-9-18-16)12-19-10-7-13-4-1-2-5-14(13)8-11-19/h1-6,9H,7-8,10-12H2,(H,20,21). The fraction of sp³-hybridized carbons (Fsp3) is 0.294. The van der Waals surface area contributed by atoms with Crippen molar-refractivity contribution in [3.05, 3.63) is 65.0 Å². The molecule has 0 saturated heterocycles. The van der Waals surface area contributed by atoms with Crippen molar-refractivity contribution in [3.63, 3.8) is 0 Å². The molecule has 1 N–H and O–H groups in total. The minimum absolute atomic E-state index is 0.166. The van der Waals surface area contributed by atoms with E-state index in [9.17, 15) is 9.90 Å². The fourth-order valence-corrected chi connectivity index (χ4v) is 2.87. The van der Waals surface area contributed by atoms with Gasteiger partial charge in [-0.25, -0.2) is 9.78 Å². The lowest BCUT2D eigenvalue weighted by atomic mass is 10.0. The van der Waals surface area contributed by atoms with Crippen molar-refractivity contribution in [1.29, 1.82) is 0 Å². The lowest BCUT2D eigenvalue weighted by Crippen LogP contribution is -2.27. The van der Waals surface area contributed by atoms with Gasteiger partial charge in [0.15, 0.2) is 5.69 Å². The molecule has 1 aliphatic heterocycles. The first-order valence-electron chi connectivity index (χ1n) is 7.20. The average molecular weight is 282 g/mol. The number of carboxylic acids is 1. The summed E-state index contributed by atoms with van der Waals surface area (Å²) in [5.74, 6) is -0.955.